The van der Waals surface area contributed by atoms with Crippen molar-refractivity contribution in [1.29, 1.82) is 0 Å². The maximum Gasteiger partial charge on any atom is 0.269 e. The fraction of sp³-hybridized carbons (Fsp3) is 0.273. The number of nitrogens with zero attached hydrogens (tertiary/aromatic N) is 3. The number of carbonyl (C=O) groups is 1. The van der Waals surface area contributed by atoms with E-state index in [-0.39, 0.29) is 22.9 Å². The molecule has 9 heteroatoms. The molecule has 0 saturated carbocycles. The third-order valence-electron chi connectivity index (χ3n) is 5.15. The summed E-state index contributed by atoms with van der Waals surface area (Å²) in [5.41, 5.74) is 6.40. The number of nitrogens with one attached hydrogen (secondary N) is 1. The van der Waals surface area contributed by atoms with Crippen molar-refractivity contribution in [3.8, 4) is 0 Å². The predicted molar refractivity (Wildman–Crippen MR) is 127 cm³/mol. The Balaban J connectivity index is 1.63. The number of allylic oxidation sites excluding steroid dienone is 1. The molecule has 1 N–H and O–H groups in total. The number of thioether (sulfide) groups is 1. The van der Waals surface area contributed by atoms with E-state index in [0.717, 1.165) is 21.7 Å². The van der Waals surface area contributed by atoms with Crippen molar-refractivity contribution in [2.75, 3.05) is 17.7 Å². The molecule has 0 spiro atoms. The van der Waals surface area contributed by atoms with Crippen LogP contribution in [0, 0.1) is 10.1 Å². The van der Waals surface area contributed by atoms with E-state index in [1.165, 1.54) is 30.1 Å². The summed E-state index contributed by atoms with van der Waals surface area (Å²) in [4.78, 5) is 25.2. The van der Waals surface area contributed by atoms with E-state index in [9.17, 15) is 14.9 Å². The molecule has 1 amide bonds. The molecule has 0 atom stereocenters. The van der Waals surface area contributed by atoms with Crippen LogP contribution in [0.3, 0.4) is 0 Å². The Kier molecular flexibility index (Phi) is 6.71. The number of anilines is 1. The molecule has 1 aliphatic heterocycles. The van der Waals surface area contributed by atoms with Gasteiger partial charge in [0.05, 0.1) is 27.5 Å². The van der Waals surface area contributed by atoms with Crippen LogP contribution in [-0.2, 0) is 4.79 Å². The number of non-ortho nitro benzene ring substituents is 1. The van der Waals surface area contributed by atoms with Gasteiger partial charge in [0, 0.05) is 40.9 Å². The first-order chi connectivity index (χ1) is 14.6. The minimum Gasteiger partial charge on any atom is -0.365 e. The Morgan fingerprint density at radius 1 is 1.32 bits per heavy atom. The van der Waals surface area contributed by atoms with Gasteiger partial charge in [-0.15, -0.1) is 11.8 Å². The molecule has 0 aromatic heterocycles. The fourth-order valence-electron chi connectivity index (χ4n) is 3.31. The number of hydrogen-bond donors (Lipinski definition) is 1. The first-order valence-corrected chi connectivity index (χ1v) is 10.9. The van der Waals surface area contributed by atoms with Crippen LogP contribution in [0.25, 0.3) is 5.57 Å². The highest BCUT2D eigenvalue weighted by Gasteiger charge is 2.29. The van der Waals surface area contributed by atoms with Crippen LogP contribution in [0.2, 0.25) is 5.02 Å². The number of rotatable bonds is 6. The van der Waals surface area contributed by atoms with Gasteiger partial charge in [-0.3, -0.25) is 14.9 Å². The van der Waals surface area contributed by atoms with Crippen molar-refractivity contribution in [1.82, 2.24) is 5.43 Å². The number of nitro benzene ring substituents is 1. The van der Waals surface area contributed by atoms with Crippen molar-refractivity contribution in [2.45, 2.75) is 31.2 Å². The molecule has 1 aliphatic rings. The monoisotopic (exact) mass is 458 g/mol. The second-order valence-electron chi connectivity index (χ2n) is 7.76. The van der Waals surface area contributed by atoms with E-state index in [1.807, 2.05) is 19.2 Å². The SMILES string of the molecule is CC1=CC(C)(C)N(C)c2cc(Cl)c(/C=N/NC(=O)CSc3ccc([N+](=O)[O-])cc3)cc21. The summed E-state index contributed by atoms with van der Waals surface area (Å²) in [7, 11) is 2.04. The standard InChI is InChI=1S/C22H23ClN4O3S/c1-14-11-22(2,3)26(4)20-10-19(23)15(9-18(14)20)12-24-25-21(28)13-31-17-7-5-16(6-8-17)27(29)30/h5-12H,13H2,1-4H3,(H,25,28)/b24-12+. The first-order valence-electron chi connectivity index (χ1n) is 9.55. The molecule has 1 heterocycles. The van der Waals surface area contributed by atoms with Crippen molar-refractivity contribution < 1.29 is 9.72 Å². The highest BCUT2D eigenvalue weighted by molar-refractivity contribution is 8.00. The normalized spacial score (nSPS) is 14.9. The van der Waals surface area contributed by atoms with Crippen LogP contribution in [-0.4, -0.2) is 35.4 Å². The molecule has 7 nitrogen and oxygen atoms in total. The Hall–Kier alpha value is -2.84. The van der Waals surface area contributed by atoms with Crippen LogP contribution in [0.1, 0.15) is 31.9 Å². The average molecular weight is 459 g/mol. The number of hydrogen-bond acceptors (Lipinski definition) is 6. The molecule has 31 heavy (non-hydrogen) atoms. The molecule has 2 aromatic carbocycles. The maximum atomic E-state index is 12.1. The second-order valence-corrected chi connectivity index (χ2v) is 9.22. The van der Waals surface area contributed by atoms with Gasteiger partial charge in [0.1, 0.15) is 0 Å². The zero-order chi connectivity index (χ0) is 22.8. The van der Waals surface area contributed by atoms with Crippen molar-refractivity contribution in [2.24, 2.45) is 5.10 Å². The topological polar surface area (TPSA) is 87.8 Å². The molecule has 0 radical (unpaired) electrons. The lowest BCUT2D eigenvalue weighted by atomic mass is 9.88. The van der Waals surface area contributed by atoms with Crippen LogP contribution in [0.4, 0.5) is 11.4 Å². The Morgan fingerprint density at radius 2 is 2.00 bits per heavy atom. The van der Waals surface area contributed by atoms with E-state index in [2.05, 4.69) is 42.3 Å². The van der Waals surface area contributed by atoms with E-state index in [1.54, 1.807) is 12.1 Å². The van der Waals surface area contributed by atoms with Gasteiger partial charge in [-0.2, -0.15) is 5.10 Å². The summed E-state index contributed by atoms with van der Waals surface area (Å²) in [5.74, 6) is -0.152. The molecular formula is C22H23ClN4O3S. The van der Waals surface area contributed by atoms with Gasteiger partial charge in [-0.25, -0.2) is 5.43 Å². The lowest BCUT2D eigenvalue weighted by Crippen LogP contribution is -2.42. The van der Waals surface area contributed by atoms with Crippen LogP contribution in [0.5, 0.6) is 0 Å². The van der Waals surface area contributed by atoms with E-state index < -0.39 is 4.92 Å². The van der Waals surface area contributed by atoms with Crippen LogP contribution >= 0.6 is 23.4 Å². The Morgan fingerprint density at radius 3 is 2.65 bits per heavy atom. The maximum absolute atomic E-state index is 12.1. The summed E-state index contributed by atoms with van der Waals surface area (Å²) in [6.07, 6.45) is 3.74. The smallest absolute Gasteiger partial charge is 0.269 e. The third kappa shape index (κ3) is 5.26. The number of nitro groups is 1. The van der Waals surface area contributed by atoms with E-state index >= 15 is 0 Å². The number of fused-ring (bicyclic) bond motifs is 1. The minimum atomic E-state index is -0.460. The molecule has 0 saturated heterocycles. The van der Waals surface area contributed by atoms with Gasteiger partial charge >= 0.3 is 0 Å². The number of halogens is 1. The summed E-state index contributed by atoms with van der Waals surface area (Å²) in [6.45, 7) is 6.36. The molecule has 0 unspecified atom stereocenters. The van der Waals surface area contributed by atoms with Gasteiger partial charge in [0.25, 0.3) is 5.69 Å². The quantitative estimate of drug-likeness (QED) is 0.281. The van der Waals surface area contributed by atoms with Gasteiger partial charge in [0.15, 0.2) is 0 Å². The van der Waals surface area contributed by atoms with Crippen molar-refractivity contribution in [3.05, 3.63) is 68.7 Å². The van der Waals surface area contributed by atoms with Crippen LogP contribution in [0.15, 0.2) is 52.5 Å². The van der Waals surface area contributed by atoms with Gasteiger partial charge in [-0.05, 0) is 50.6 Å². The third-order valence-corrected chi connectivity index (χ3v) is 6.49. The van der Waals surface area contributed by atoms with E-state index in [0.29, 0.717) is 10.6 Å². The Bertz CT molecular complexity index is 1080. The van der Waals surface area contributed by atoms with Gasteiger partial charge < -0.3 is 4.90 Å². The molecule has 3 rings (SSSR count). The number of carbonyl (C=O) groups excluding carboxylic acids is 1. The summed E-state index contributed by atoms with van der Waals surface area (Å²) in [6, 6.07) is 9.93. The molecule has 2 aromatic rings. The van der Waals surface area contributed by atoms with Gasteiger partial charge in [-0.1, -0.05) is 17.7 Å². The minimum absolute atomic E-state index is 0.0140. The zero-order valence-corrected chi connectivity index (χ0v) is 19.3. The summed E-state index contributed by atoms with van der Waals surface area (Å²) >= 11 is 7.73. The predicted octanol–water partition coefficient (Wildman–Crippen LogP) is 5.12. The van der Waals surface area contributed by atoms with Crippen molar-refractivity contribution >= 4 is 52.4 Å². The number of amides is 1. The molecule has 0 aliphatic carbocycles. The molecule has 162 valence electrons. The highest BCUT2D eigenvalue weighted by Crippen LogP contribution is 2.40. The fourth-order valence-corrected chi connectivity index (χ4v) is 4.20. The zero-order valence-electron chi connectivity index (χ0n) is 17.7. The van der Waals surface area contributed by atoms with Gasteiger partial charge in [0.2, 0.25) is 5.91 Å². The molecule has 0 fully saturated rings. The average Bonchev–Trinajstić information content (AvgIpc) is 2.71. The number of likely N-dealkylation sites (N-methyl/N-ethyl adjacent to an activating group) is 1. The Labute approximate surface area is 190 Å². The lowest BCUT2D eigenvalue weighted by molar-refractivity contribution is -0.384. The van der Waals surface area contributed by atoms with Crippen molar-refractivity contribution in [3.63, 3.8) is 0 Å². The van der Waals surface area contributed by atoms with Crippen LogP contribution < -0.4 is 10.3 Å². The highest BCUT2D eigenvalue weighted by atomic mass is 35.5. The van der Waals surface area contributed by atoms with E-state index in [4.69, 9.17) is 11.6 Å². The lowest BCUT2D eigenvalue weighted by Gasteiger charge is -2.40. The number of hydrazone groups is 1. The summed E-state index contributed by atoms with van der Waals surface area (Å²) < 4.78 is 0. The largest absolute Gasteiger partial charge is 0.365 e. The molecule has 0 bridgehead atoms. The molecular weight excluding hydrogens is 436 g/mol. The summed E-state index contributed by atoms with van der Waals surface area (Å²) in [5, 5.41) is 15.3. The second kappa shape index (κ2) is 9.11. The first kappa shape index (κ1) is 22.8. The number of benzene rings is 2.